The van der Waals surface area contributed by atoms with E-state index >= 15 is 0 Å². The summed E-state index contributed by atoms with van der Waals surface area (Å²) in [6.07, 6.45) is 33.6. The number of hydrogen-bond donors (Lipinski definition) is 0. The smallest absolute Gasteiger partial charge is 0.0793 e. The lowest BCUT2D eigenvalue weighted by atomic mass is 9.99. The second-order valence-electron chi connectivity index (χ2n) is 14.9. The van der Waals surface area contributed by atoms with Gasteiger partial charge >= 0.3 is 0 Å². The Morgan fingerprint density at radius 3 is 1.33 bits per heavy atom. The molecule has 43 heavy (non-hydrogen) atoms. The van der Waals surface area contributed by atoms with E-state index in [9.17, 15) is 0 Å². The second kappa shape index (κ2) is 28.1. The molecule has 0 rings (SSSR count). The third kappa shape index (κ3) is 27.8. The molecule has 1 atom stereocenters. The third-order valence-electron chi connectivity index (χ3n) is 9.61. The van der Waals surface area contributed by atoms with Gasteiger partial charge in [-0.15, -0.1) is 0 Å². The van der Waals surface area contributed by atoms with E-state index in [2.05, 4.69) is 60.6 Å². The van der Waals surface area contributed by atoms with Gasteiger partial charge in [-0.25, -0.2) is 0 Å². The van der Waals surface area contributed by atoms with E-state index in [1.165, 1.54) is 141 Å². The maximum absolute atomic E-state index is 6.66. The normalized spacial score (nSPS) is 13.5. The Morgan fingerprint density at radius 2 is 0.930 bits per heavy atom. The standard InChI is InChI=1S/C39H81NO3/c1-10-12-14-16-18-20-22-24-26-28-30-37(31-29-27-25-23-21-19-17-15-13-11-2)43-40(8)36(3)32-33-39(6,7)42-35-34-38(4,5)41-9/h36-37H,10-35H2,1-9H3. The number of hydrogen-bond acceptors (Lipinski definition) is 4. The van der Waals surface area contributed by atoms with Crippen LogP contribution in [0.15, 0.2) is 0 Å². The van der Waals surface area contributed by atoms with Crippen molar-refractivity contribution in [3.8, 4) is 0 Å². The Balaban J connectivity index is 4.50. The van der Waals surface area contributed by atoms with Crippen LogP contribution in [-0.4, -0.2) is 49.2 Å². The maximum Gasteiger partial charge on any atom is 0.0793 e. The van der Waals surface area contributed by atoms with Crippen LogP contribution < -0.4 is 0 Å². The fourth-order valence-electron chi connectivity index (χ4n) is 5.79. The second-order valence-corrected chi connectivity index (χ2v) is 14.9. The first-order valence-electron chi connectivity index (χ1n) is 19.2. The lowest BCUT2D eigenvalue weighted by molar-refractivity contribution is -0.208. The molecule has 0 aromatic heterocycles. The minimum atomic E-state index is -0.135. The highest BCUT2D eigenvalue weighted by Crippen LogP contribution is 2.24. The van der Waals surface area contributed by atoms with Gasteiger partial charge in [0.15, 0.2) is 0 Å². The van der Waals surface area contributed by atoms with Gasteiger partial charge in [-0.1, -0.05) is 142 Å². The van der Waals surface area contributed by atoms with Crippen LogP contribution in [0.2, 0.25) is 0 Å². The van der Waals surface area contributed by atoms with Crippen molar-refractivity contribution >= 4 is 0 Å². The molecule has 4 nitrogen and oxygen atoms in total. The van der Waals surface area contributed by atoms with Crippen molar-refractivity contribution in [2.24, 2.45) is 0 Å². The summed E-state index contributed by atoms with van der Waals surface area (Å²) >= 11 is 0. The fraction of sp³-hybridized carbons (Fsp3) is 1.00. The first-order chi connectivity index (χ1) is 20.6. The van der Waals surface area contributed by atoms with E-state index in [0.717, 1.165) is 25.9 Å². The Morgan fingerprint density at radius 1 is 0.535 bits per heavy atom. The van der Waals surface area contributed by atoms with Gasteiger partial charge in [0.2, 0.25) is 0 Å². The summed E-state index contributed by atoms with van der Waals surface area (Å²) < 4.78 is 11.8. The van der Waals surface area contributed by atoms with Gasteiger partial charge in [0.05, 0.1) is 23.9 Å². The van der Waals surface area contributed by atoms with Crippen LogP contribution in [0.1, 0.15) is 209 Å². The van der Waals surface area contributed by atoms with Gasteiger partial charge in [0, 0.05) is 20.2 Å². The summed E-state index contributed by atoms with van der Waals surface area (Å²) in [5.41, 5.74) is -0.265. The van der Waals surface area contributed by atoms with Crippen molar-refractivity contribution in [1.82, 2.24) is 5.06 Å². The third-order valence-corrected chi connectivity index (χ3v) is 9.61. The summed E-state index contributed by atoms with van der Waals surface area (Å²) in [5, 5.41) is 2.17. The van der Waals surface area contributed by atoms with Crippen molar-refractivity contribution in [3.63, 3.8) is 0 Å². The molecule has 0 aliphatic heterocycles. The largest absolute Gasteiger partial charge is 0.379 e. The van der Waals surface area contributed by atoms with Gasteiger partial charge in [-0.3, -0.25) is 4.84 Å². The van der Waals surface area contributed by atoms with Crippen LogP contribution in [0.3, 0.4) is 0 Å². The molecule has 0 N–H and O–H groups in total. The number of hydroxylamine groups is 2. The lowest BCUT2D eigenvalue weighted by Gasteiger charge is -2.33. The molecule has 0 heterocycles. The summed E-state index contributed by atoms with van der Waals surface area (Å²) in [4.78, 5) is 6.66. The molecule has 1 unspecified atom stereocenters. The first kappa shape index (κ1) is 42.8. The van der Waals surface area contributed by atoms with E-state index < -0.39 is 0 Å². The van der Waals surface area contributed by atoms with Crippen molar-refractivity contribution in [2.45, 2.75) is 232 Å². The average molecular weight is 612 g/mol. The Bertz CT molecular complexity index is 555. The predicted molar refractivity (Wildman–Crippen MR) is 190 cm³/mol. The highest BCUT2D eigenvalue weighted by Gasteiger charge is 2.24. The minimum absolute atomic E-state index is 0.130. The molecule has 0 aromatic rings. The van der Waals surface area contributed by atoms with Gasteiger partial charge in [0.25, 0.3) is 0 Å². The number of ether oxygens (including phenoxy) is 2. The SMILES string of the molecule is CCCCCCCCCCCCC(CCCCCCCCCCCC)ON(C)C(C)CCC(C)(C)OCCC(C)(C)OC. The van der Waals surface area contributed by atoms with E-state index in [1.54, 1.807) is 7.11 Å². The topological polar surface area (TPSA) is 30.9 Å². The summed E-state index contributed by atoms with van der Waals surface area (Å²) in [5.74, 6) is 0. The fourth-order valence-corrected chi connectivity index (χ4v) is 5.79. The highest BCUT2D eigenvalue weighted by molar-refractivity contribution is 4.74. The van der Waals surface area contributed by atoms with Crippen molar-refractivity contribution in [2.75, 3.05) is 20.8 Å². The maximum atomic E-state index is 6.66. The Hall–Kier alpha value is -0.160. The zero-order valence-corrected chi connectivity index (χ0v) is 31.2. The molecular formula is C39H81NO3. The van der Waals surface area contributed by atoms with Crippen LogP contribution in [0.5, 0.6) is 0 Å². The van der Waals surface area contributed by atoms with Crippen molar-refractivity contribution in [1.29, 1.82) is 0 Å². The van der Waals surface area contributed by atoms with E-state index in [1.807, 2.05) is 0 Å². The van der Waals surface area contributed by atoms with E-state index in [0.29, 0.717) is 12.1 Å². The quantitative estimate of drug-likeness (QED) is 0.0545. The molecule has 0 bridgehead atoms. The van der Waals surface area contributed by atoms with Gasteiger partial charge in [-0.2, -0.15) is 5.06 Å². The van der Waals surface area contributed by atoms with Crippen LogP contribution >= 0.6 is 0 Å². The molecule has 0 radical (unpaired) electrons. The molecule has 0 amide bonds. The minimum Gasteiger partial charge on any atom is -0.379 e. The molecule has 0 fully saturated rings. The number of unbranched alkanes of at least 4 members (excludes halogenated alkanes) is 18. The Labute approximate surface area is 272 Å². The predicted octanol–water partition coefficient (Wildman–Crippen LogP) is 12.6. The van der Waals surface area contributed by atoms with Crippen LogP contribution in [0.4, 0.5) is 0 Å². The monoisotopic (exact) mass is 612 g/mol. The first-order valence-corrected chi connectivity index (χ1v) is 19.2. The summed E-state index contributed by atoms with van der Waals surface area (Å²) in [6, 6.07) is 0.376. The molecule has 4 heteroatoms. The molecular weight excluding hydrogens is 530 g/mol. The average Bonchev–Trinajstić information content (AvgIpc) is 2.97. The molecule has 0 aliphatic rings. The molecule has 0 saturated heterocycles. The molecule has 0 aliphatic carbocycles. The zero-order chi connectivity index (χ0) is 32.2. The van der Waals surface area contributed by atoms with Gasteiger partial charge < -0.3 is 9.47 Å². The van der Waals surface area contributed by atoms with E-state index in [4.69, 9.17) is 14.3 Å². The van der Waals surface area contributed by atoms with Crippen LogP contribution in [0, 0.1) is 0 Å². The highest BCUT2D eigenvalue weighted by atomic mass is 16.7. The number of nitrogens with zero attached hydrogens (tertiary/aromatic N) is 1. The zero-order valence-electron chi connectivity index (χ0n) is 31.2. The Kier molecular flexibility index (Phi) is 28.0. The van der Waals surface area contributed by atoms with Crippen molar-refractivity contribution < 1.29 is 14.3 Å². The summed E-state index contributed by atoms with van der Waals surface area (Å²) in [7, 11) is 3.94. The molecule has 0 aromatic carbocycles. The van der Waals surface area contributed by atoms with E-state index in [-0.39, 0.29) is 11.2 Å². The number of methoxy groups -OCH3 is 1. The summed E-state index contributed by atoms with van der Waals surface area (Å²) in [6.45, 7) is 16.3. The molecule has 0 spiro atoms. The van der Waals surface area contributed by atoms with Crippen molar-refractivity contribution in [3.05, 3.63) is 0 Å². The molecule has 260 valence electrons. The van der Waals surface area contributed by atoms with Crippen LogP contribution in [0.25, 0.3) is 0 Å². The molecule has 0 saturated carbocycles. The van der Waals surface area contributed by atoms with Gasteiger partial charge in [-0.05, 0) is 66.7 Å². The number of rotatable bonds is 33. The van der Waals surface area contributed by atoms with Gasteiger partial charge in [0.1, 0.15) is 0 Å². The lowest BCUT2D eigenvalue weighted by Crippen LogP contribution is -2.36. The van der Waals surface area contributed by atoms with Crippen LogP contribution in [-0.2, 0) is 14.3 Å².